The average Bonchev–Trinajstić information content (AvgIpc) is 2.43. The Morgan fingerprint density at radius 1 is 1.38 bits per heavy atom. The van der Waals surface area contributed by atoms with Gasteiger partial charge >= 0.3 is 0 Å². The van der Waals surface area contributed by atoms with Crippen molar-refractivity contribution in [3.8, 4) is 0 Å². The van der Waals surface area contributed by atoms with E-state index in [2.05, 4.69) is 10.2 Å². The van der Waals surface area contributed by atoms with Crippen LogP contribution in [0.4, 0.5) is 4.39 Å². The van der Waals surface area contributed by atoms with Crippen LogP contribution in [0.5, 0.6) is 0 Å². The van der Waals surface area contributed by atoms with Gasteiger partial charge < -0.3 is 15.2 Å². The summed E-state index contributed by atoms with van der Waals surface area (Å²) in [5, 5.41) is 13.6. The van der Waals surface area contributed by atoms with Gasteiger partial charge in [0.05, 0.1) is 18.8 Å². The van der Waals surface area contributed by atoms with E-state index in [0.29, 0.717) is 25.2 Å². The topological polar surface area (TPSA) is 44.7 Å². The molecule has 2 rings (SSSR count). The SMILES string of the molecule is Cc1ccc(CNCC(C)(O)CN2CCOCC2)cc1F. The molecule has 1 atom stereocenters. The number of rotatable bonds is 6. The molecular weight excluding hydrogens is 271 g/mol. The second-order valence-corrected chi connectivity index (χ2v) is 6.07. The lowest BCUT2D eigenvalue weighted by molar-refractivity contribution is -0.0219. The third-order valence-corrected chi connectivity index (χ3v) is 3.74. The van der Waals surface area contributed by atoms with Crippen LogP contribution in [0.3, 0.4) is 0 Å². The molecule has 0 saturated carbocycles. The van der Waals surface area contributed by atoms with Crippen molar-refractivity contribution in [2.45, 2.75) is 26.0 Å². The maximum absolute atomic E-state index is 13.5. The van der Waals surface area contributed by atoms with E-state index in [0.717, 1.165) is 31.9 Å². The van der Waals surface area contributed by atoms with Gasteiger partial charge in [-0.2, -0.15) is 0 Å². The molecule has 0 aliphatic carbocycles. The first-order valence-electron chi connectivity index (χ1n) is 7.44. The largest absolute Gasteiger partial charge is 0.388 e. The van der Waals surface area contributed by atoms with E-state index in [4.69, 9.17) is 4.74 Å². The Kier molecular flexibility index (Phi) is 5.70. The standard InChI is InChI=1S/C16H25FN2O2/c1-13-3-4-14(9-15(13)17)10-18-11-16(2,20)12-19-5-7-21-8-6-19/h3-4,9,18,20H,5-8,10-12H2,1-2H3. The number of nitrogens with zero attached hydrogens (tertiary/aromatic N) is 1. The summed E-state index contributed by atoms with van der Waals surface area (Å²) in [5.74, 6) is -0.186. The number of hydrogen-bond donors (Lipinski definition) is 2. The number of aliphatic hydroxyl groups is 1. The van der Waals surface area contributed by atoms with Crippen molar-refractivity contribution in [3.63, 3.8) is 0 Å². The first-order chi connectivity index (χ1) is 9.96. The summed E-state index contributed by atoms with van der Waals surface area (Å²) in [7, 11) is 0. The van der Waals surface area contributed by atoms with Gasteiger partial charge in [0.15, 0.2) is 0 Å². The van der Waals surface area contributed by atoms with Gasteiger partial charge in [0.25, 0.3) is 0 Å². The van der Waals surface area contributed by atoms with Crippen molar-refractivity contribution in [2.75, 3.05) is 39.4 Å². The quantitative estimate of drug-likeness (QED) is 0.831. The molecule has 118 valence electrons. The molecule has 1 aliphatic rings. The van der Waals surface area contributed by atoms with Crippen LogP contribution in [0.15, 0.2) is 18.2 Å². The van der Waals surface area contributed by atoms with E-state index in [1.165, 1.54) is 0 Å². The van der Waals surface area contributed by atoms with Gasteiger partial charge in [-0.3, -0.25) is 4.90 Å². The summed E-state index contributed by atoms with van der Waals surface area (Å²) >= 11 is 0. The number of morpholine rings is 1. The molecule has 1 heterocycles. The first kappa shape index (κ1) is 16.4. The van der Waals surface area contributed by atoms with Gasteiger partial charge in [-0.25, -0.2) is 4.39 Å². The molecule has 5 heteroatoms. The molecule has 1 aromatic carbocycles. The summed E-state index contributed by atoms with van der Waals surface area (Å²) < 4.78 is 18.8. The van der Waals surface area contributed by atoms with E-state index >= 15 is 0 Å². The normalized spacial score (nSPS) is 19.4. The average molecular weight is 296 g/mol. The third-order valence-electron chi connectivity index (χ3n) is 3.74. The van der Waals surface area contributed by atoms with Crippen LogP contribution in [-0.2, 0) is 11.3 Å². The van der Waals surface area contributed by atoms with Gasteiger partial charge in [0.1, 0.15) is 5.82 Å². The van der Waals surface area contributed by atoms with Crippen LogP contribution in [0, 0.1) is 12.7 Å². The smallest absolute Gasteiger partial charge is 0.126 e. The zero-order valence-corrected chi connectivity index (χ0v) is 12.9. The first-order valence-corrected chi connectivity index (χ1v) is 7.44. The Bertz CT molecular complexity index is 460. The van der Waals surface area contributed by atoms with Crippen LogP contribution in [0.1, 0.15) is 18.1 Å². The second-order valence-electron chi connectivity index (χ2n) is 6.07. The molecular formula is C16H25FN2O2. The summed E-state index contributed by atoms with van der Waals surface area (Å²) in [6.45, 7) is 8.39. The lowest BCUT2D eigenvalue weighted by Gasteiger charge is -2.34. The van der Waals surface area contributed by atoms with Crippen LogP contribution in [0.2, 0.25) is 0 Å². The summed E-state index contributed by atoms with van der Waals surface area (Å²) in [6.07, 6.45) is 0. The van der Waals surface area contributed by atoms with Crippen LogP contribution < -0.4 is 5.32 Å². The van der Waals surface area contributed by atoms with Crippen molar-refractivity contribution < 1.29 is 14.2 Å². The highest BCUT2D eigenvalue weighted by Gasteiger charge is 2.24. The van der Waals surface area contributed by atoms with E-state index in [1.807, 2.05) is 13.0 Å². The molecule has 0 spiro atoms. The Morgan fingerprint density at radius 2 is 2.10 bits per heavy atom. The predicted molar refractivity (Wildman–Crippen MR) is 80.7 cm³/mol. The zero-order chi connectivity index (χ0) is 15.3. The molecule has 1 saturated heterocycles. The molecule has 1 aliphatic heterocycles. The Hall–Kier alpha value is -1.01. The minimum atomic E-state index is -0.805. The molecule has 1 unspecified atom stereocenters. The number of hydrogen-bond acceptors (Lipinski definition) is 4. The monoisotopic (exact) mass is 296 g/mol. The predicted octanol–water partition coefficient (Wildman–Crippen LogP) is 1.31. The highest BCUT2D eigenvalue weighted by atomic mass is 19.1. The van der Waals surface area contributed by atoms with Crippen molar-refractivity contribution in [3.05, 3.63) is 35.1 Å². The maximum Gasteiger partial charge on any atom is 0.126 e. The van der Waals surface area contributed by atoms with E-state index in [1.54, 1.807) is 19.1 Å². The molecule has 0 aromatic heterocycles. The Labute approximate surface area is 125 Å². The number of nitrogens with one attached hydrogen (secondary N) is 1. The molecule has 2 N–H and O–H groups in total. The van der Waals surface area contributed by atoms with E-state index in [9.17, 15) is 9.50 Å². The van der Waals surface area contributed by atoms with Gasteiger partial charge in [-0.1, -0.05) is 12.1 Å². The van der Waals surface area contributed by atoms with E-state index in [-0.39, 0.29) is 5.82 Å². The van der Waals surface area contributed by atoms with Crippen molar-refractivity contribution in [1.82, 2.24) is 10.2 Å². The molecule has 0 radical (unpaired) electrons. The van der Waals surface area contributed by atoms with Crippen molar-refractivity contribution in [1.29, 1.82) is 0 Å². The number of aryl methyl sites for hydroxylation is 1. The highest BCUT2D eigenvalue weighted by Crippen LogP contribution is 2.10. The van der Waals surface area contributed by atoms with Gasteiger partial charge in [-0.15, -0.1) is 0 Å². The minimum absolute atomic E-state index is 0.186. The number of benzene rings is 1. The maximum atomic E-state index is 13.5. The second kappa shape index (κ2) is 7.31. The summed E-state index contributed by atoms with van der Waals surface area (Å²) in [5.41, 5.74) is 0.735. The lowest BCUT2D eigenvalue weighted by Crippen LogP contribution is -2.50. The molecule has 4 nitrogen and oxygen atoms in total. The van der Waals surface area contributed by atoms with Crippen LogP contribution >= 0.6 is 0 Å². The van der Waals surface area contributed by atoms with E-state index < -0.39 is 5.60 Å². The van der Waals surface area contributed by atoms with Gasteiger partial charge in [0, 0.05) is 32.7 Å². The molecule has 1 aromatic rings. The molecule has 1 fully saturated rings. The summed E-state index contributed by atoms with van der Waals surface area (Å²) in [4.78, 5) is 2.21. The van der Waals surface area contributed by atoms with Crippen LogP contribution in [0.25, 0.3) is 0 Å². The Balaban J connectivity index is 1.76. The zero-order valence-electron chi connectivity index (χ0n) is 12.9. The number of ether oxygens (including phenoxy) is 1. The fourth-order valence-electron chi connectivity index (χ4n) is 2.52. The van der Waals surface area contributed by atoms with Crippen LogP contribution in [-0.4, -0.2) is 55.0 Å². The van der Waals surface area contributed by atoms with Gasteiger partial charge in [0.2, 0.25) is 0 Å². The molecule has 0 amide bonds. The van der Waals surface area contributed by atoms with Crippen molar-refractivity contribution >= 4 is 0 Å². The summed E-state index contributed by atoms with van der Waals surface area (Å²) in [6, 6.07) is 5.22. The molecule has 0 bridgehead atoms. The minimum Gasteiger partial charge on any atom is -0.388 e. The number of β-amino-alcohol motifs (C(OH)–C–C–N with tert-alkyl or cyclic N) is 1. The lowest BCUT2D eigenvalue weighted by atomic mass is 10.1. The molecule has 21 heavy (non-hydrogen) atoms. The fourth-order valence-corrected chi connectivity index (χ4v) is 2.52. The Morgan fingerprint density at radius 3 is 2.76 bits per heavy atom. The third kappa shape index (κ3) is 5.36. The van der Waals surface area contributed by atoms with Gasteiger partial charge in [-0.05, 0) is 31.0 Å². The van der Waals surface area contributed by atoms with Crippen molar-refractivity contribution in [2.24, 2.45) is 0 Å². The highest BCUT2D eigenvalue weighted by molar-refractivity contribution is 5.23. The fraction of sp³-hybridized carbons (Fsp3) is 0.625. The number of halogens is 1.